The zero-order valence-electron chi connectivity index (χ0n) is 12.6. The Kier molecular flexibility index (Phi) is 3.18. The molecule has 2 aliphatic rings. The molecule has 3 heterocycles. The summed E-state index contributed by atoms with van der Waals surface area (Å²) in [6.45, 7) is 6.03. The third-order valence-corrected chi connectivity index (χ3v) is 4.10. The summed E-state index contributed by atoms with van der Waals surface area (Å²) in [5.74, 6) is -0.824. The Hall–Kier alpha value is -1.66. The minimum Gasteiger partial charge on any atom is -0.480 e. The second-order valence-corrected chi connectivity index (χ2v) is 5.69. The predicted molar refractivity (Wildman–Crippen MR) is 73.1 cm³/mol. The highest BCUT2D eigenvalue weighted by Gasteiger charge is 2.56. The van der Waals surface area contributed by atoms with Crippen LogP contribution in [0.2, 0.25) is 0 Å². The monoisotopic (exact) mass is 293 g/mol. The van der Waals surface area contributed by atoms with E-state index in [1.54, 1.807) is 12.3 Å². The van der Waals surface area contributed by atoms with Gasteiger partial charge in [-0.2, -0.15) is 0 Å². The number of cyclic esters (lactones) is 1. The van der Waals surface area contributed by atoms with Crippen molar-refractivity contribution in [2.24, 2.45) is 0 Å². The summed E-state index contributed by atoms with van der Waals surface area (Å²) in [6, 6.07) is 1.79. The molecule has 1 aromatic heterocycles. The summed E-state index contributed by atoms with van der Waals surface area (Å²) >= 11 is 0. The average molecular weight is 293 g/mol. The first kappa shape index (κ1) is 14.3. The molecule has 2 aliphatic heterocycles. The Labute approximate surface area is 123 Å². The van der Waals surface area contributed by atoms with Gasteiger partial charge >= 0.3 is 5.97 Å². The normalized spacial score (nSPS) is 30.1. The van der Waals surface area contributed by atoms with E-state index in [9.17, 15) is 4.79 Å². The van der Waals surface area contributed by atoms with Crippen LogP contribution < -0.4 is 4.74 Å². The van der Waals surface area contributed by atoms with Crippen LogP contribution >= 0.6 is 0 Å². The molecule has 0 aliphatic carbocycles. The van der Waals surface area contributed by atoms with Crippen LogP contribution in [0, 0.1) is 0 Å². The number of fused-ring (bicyclic) bond motifs is 1. The number of rotatable bonds is 3. The lowest BCUT2D eigenvalue weighted by atomic mass is 9.85. The molecule has 2 atom stereocenters. The molecule has 0 bridgehead atoms. The van der Waals surface area contributed by atoms with E-state index < -0.39 is 17.4 Å². The summed E-state index contributed by atoms with van der Waals surface area (Å²) in [4.78, 5) is 16.4. The second-order valence-electron chi connectivity index (χ2n) is 5.69. The number of carbonyl (C=O) groups excluding carboxylic acids is 1. The highest BCUT2D eigenvalue weighted by molar-refractivity contribution is 5.97. The fraction of sp³-hybridized carbons (Fsp3) is 0.600. The smallest absolute Gasteiger partial charge is 0.345 e. The zero-order valence-corrected chi connectivity index (χ0v) is 12.6. The largest absolute Gasteiger partial charge is 0.480 e. The first-order chi connectivity index (χ1) is 9.93. The number of hydrogen-bond acceptors (Lipinski definition) is 6. The average Bonchev–Trinajstić information content (AvgIpc) is 2.97. The van der Waals surface area contributed by atoms with Gasteiger partial charge in [-0.15, -0.1) is 0 Å². The number of methoxy groups -OCH3 is 1. The number of carbonyl (C=O) groups is 1. The third-order valence-electron chi connectivity index (χ3n) is 4.10. The van der Waals surface area contributed by atoms with E-state index in [1.165, 1.54) is 7.11 Å². The summed E-state index contributed by atoms with van der Waals surface area (Å²) in [7, 11) is 1.49. The Morgan fingerprint density at radius 1 is 1.48 bits per heavy atom. The van der Waals surface area contributed by atoms with E-state index >= 15 is 0 Å². The SMILES string of the molecule is CC[C@@]1([C@H]2COC(C)(C)O2)OC(=O)c2c1ccnc2OC. The molecule has 0 radical (unpaired) electrons. The van der Waals surface area contributed by atoms with Gasteiger partial charge in [0.1, 0.15) is 11.7 Å². The van der Waals surface area contributed by atoms with Gasteiger partial charge in [0.2, 0.25) is 5.88 Å². The molecular weight excluding hydrogens is 274 g/mol. The first-order valence-corrected chi connectivity index (χ1v) is 7.02. The Bertz CT molecular complexity index is 585. The molecule has 1 aromatic rings. The Balaban J connectivity index is 2.09. The van der Waals surface area contributed by atoms with Crippen molar-refractivity contribution in [3.63, 3.8) is 0 Å². The van der Waals surface area contributed by atoms with Gasteiger partial charge in [0.25, 0.3) is 0 Å². The lowest BCUT2D eigenvalue weighted by Crippen LogP contribution is -2.42. The first-order valence-electron chi connectivity index (χ1n) is 7.02. The summed E-state index contributed by atoms with van der Waals surface area (Å²) in [6.07, 6.45) is 1.85. The Morgan fingerprint density at radius 3 is 2.81 bits per heavy atom. The van der Waals surface area contributed by atoms with E-state index in [1.807, 2.05) is 20.8 Å². The fourth-order valence-corrected chi connectivity index (χ4v) is 3.06. The van der Waals surface area contributed by atoms with Crippen molar-refractivity contribution in [2.75, 3.05) is 13.7 Å². The van der Waals surface area contributed by atoms with E-state index in [4.69, 9.17) is 18.9 Å². The highest BCUT2D eigenvalue weighted by atomic mass is 16.8. The van der Waals surface area contributed by atoms with Crippen molar-refractivity contribution in [3.05, 3.63) is 23.4 Å². The molecule has 6 nitrogen and oxygen atoms in total. The van der Waals surface area contributed by atoms with Gasteiger partial charge < -0.3 is 18.9 Å². The van der Waals surface area contributed by atoms with Gasteiger partial charge in [-0.05, 0) is 26.3 Å². The van der Waals surface area contributed by atoms with Crippen LogP contribution in [0.5, 0.6) is 5.88 Å². The molecule has 0 N–H and O–H groups in total. The zero-order chi connectivity index (χ0) is 15.3. The summed E-state index contributed by atoms with van der Waals surface area (Å²) < 4.78 is 22.5. The van der Waals surface area contributed by atoms with Crippen LogP contribution in [0.15, 0.2) is 12.3 Å². The molecule has 0 amide bonds. The van der Waals surface area contributed by atoms with Gasteiger partial charge in [-0.1, -0.05) is 6.92 Å². The highest BCUT2D eigenvalue weighted by Crippen LogP contribution is 2.47. The maximum atomic E-state index is 12.3. The van der Waals surface area contributed by atoms with Crippen LogP contribution in [0.1, 0.15) is 43.1 Å². The van der Waals surface area contributed by atoms with Crippen LogP contribution in [0.25, 0.3) is 0 Å². The molecule has 3 rings (SSSR count). The molecule has 6 heteroatoms. The molecule has 0 saturated carbocycles. The van der Waals surface area contributed by atoms with Gasteiger partial charge in [0.15, 0.2) is 11.4 Å². The number of aromatic nitrogens is 1. The number of ether oxygens (including phenoxy) is 4. The molecule has 21 heavy (non-hydrogen) atoms. The maximum Gasteiger partial charge on any atom is 0.345 e. The number of esters is 1. The summed E-state index contributed by atoms with van der Waals surface area (Å²) in [5.41, 5.74) is 0.291. The van der Waals surface area contributed by atoms with Crippen molar-refractivity contribution >= 4 is 5.97 Å². The molecular formula is C15H19NO5. The minimum atomic E-state index is -0.851. The Morgan fingerprint density at radius 2 is 2.24 bits per heavy atom. The van der Waals surface area contributed by atoms with Crippen LogP contribution in [-0.4, -0.2) is 36.6 Å². The van der Waals surface area contributed by atoms with Crippen LogP contribution in [0.3, 0.4) is 0 Å². The lowest BCUT2D eigenvalue weighted by molar-refractivity contribution is -0.171. The van der Waals surface area contributed by atoms with E-state index in [2.05, 4.69) is 4.98 Å². The van der Waals surface area contributed by atoms with Crippen LogP contribution in [0.4, 0.5) is 0 Å². The van der Waals surface area contributed by atoms with E-state index in [0.29, 0.717) is 18.6 Å². The van der Waals surface area contributed by atoms with Gasteiger partial charge in [0, 0.05) is 11.8 Å². The maximum absolute atomic E-state index is 12.3. The van der Waals surface area contributed by atoms with Gasteiger partial charge in [-0.3, -0.25) is 0 Å². The van der Waals surface area contributed by atoms with Crippen molar-refractivity contribution in [3.8, 4) is 5.88 Å². The van der Waals surface area contributed by atoms with Crippen molar-refractivity contribution < 1.29 is 23.7 Å². The predicted octanol–water partition coefficient (Wildman–Crippen LogP) is 2.02. The second kappa shape index (κ2) is 4.68. The summed E-state index contributed by atoms with van der Waals surface area (Å²) in [5, 5.41) is 0. The van der Waals surface area contributed by atoms with E-state index in [-0.39, 0.29) is 12.0 Å². The van der Waals surface area contributed by atoms with Crippen LogP contribution in [-0.2, 0) is 19.8 Å². The molecule has 114 valence electrons. The van der Waals surface area contributed by atoms with Gasteiger partial charge in [0.05, 0.1) is 13.7 Å². The number of hydrogen-bond donors (Lipinski definition) is 0. The van der Waals surface area contributed by atoms with E-state index in [0.717, 1.165) is 5.56 Å². The molecule has 0 unspecified atom stereocenters. The molecule has 1 saturated heterocycles. The molecule has 1 fully saturated rings. The quantitative estimate of drug-likeness (QED) is 0.794. The topological polar surface area (TPSA) is 66.9 Å². The number of nitrogens with zero attached hydrogens (tertiary/aromatic N) is 1. The lowest BCUT2D eigenvalue weighted by Gasteiger charge is -2.33. The standard InChI is InChI=1S/C15H19NO5/c1-5-15(10-8-19-14(2,3)20-10)9-6-7-16-12(18-4)11(9)13(17)21-15/h6-7,10H,5,8H2,1-4H3/t10-,15-/m1/s1. The van der Waals surface area contributed by atoms with Crippen molar-refractivity contribution in [1.82, 2.24) is 4.98 Å². The molecule has 0 spiro atoms. The molecule has 0 aromatic carbocycles. The van der Waals surface area contributed by atoms with Gasteiger partial charge in [-0.25, -0.2) is 9.78 Å². The fourth-order valence-electron chi connectivity index (χ4n) is 3.06. The van der Waals surface area contributed by atoms with Crippen molar-refractivity contribution in [1.29, 1.82) is 0 Å². The third kappa shape index (κ3) is 2.01. The van der Waals surface area contributed by atoms with Crippen molar-refractivity contribution in [2.45, 2.75) is 44.7 Å². The number of pyridine rings is 1. The minimum absolute atomic E-state index is 0.283.